The van der Waals surface area contributed by atoms with Gasteiger partial charge in [0.25, 0.3) is 5.56 Å². The highest BCUT2D eigenvalue weighted by Gasteiger charge is 2.18. The molecule has 2 aromatic carbocycles. The van der Waals surface area contributed by atoms with Crippen molar-refractivity contribution in [3.63, 3.8) is 0 Å². The molecule has 9 heteroatoms. The predicted octanol–water partition coefficient (Wildman–Crippen LogP) is 3.22. The van der Waals surface area contributed by atoms with Gasteiger partial charge in [0.2, 0.25) is 5.91 Å². The van der Waals surface area contributed by atoms with E-state index in [4.69, 9.17) is 16.3 Å². The number of ether oxygens (including phenoxy) is 1. The molecule has 0 saturated heterocycles. The summed E-state index contributed by atoms with van der Waals surface area (Å²) in [5.74, 6) is -0.572. The maximum atomic E-state index is 13.2. The molecular formula is C24H24ClN3O5. The highest BCUT2D eigenvalue weighted by molar-refractivity contribution is 6.30. The monoisotopic (exact) mass is 469 g/mol. The van der Waals surface area contributed by atoms with Crippen LogP contribution in [-0.2, 0) is 22.5 Å². The molecule has 1 amide bonds. The van der Waals surface area contributed by atoms with Crippen LogP contribution in [0.25, 0.3) is 11.4 Å². The summed E-state index contributed by atoms with van der Waals surface area (Å²) < 4.78 is 6.23. The van der Waals surface area contributed by atoms with E-state index in [1.165, 1.54) is 4.57 Å². The normalized spacial score (nSPS) is 10.7. The minimum Gasteiger partial charge on any atom is -0.462 e. The molecule has 3 aromatic rings. The van der Waals surface area contributed by atoms with Gasteiger partial charge in [0.05, 0.1) is 12.2 Å². The summed E-state index contributed by atoms with van der Waals surface area (Å²) in [5, 5.41) is 12.6. The van der Waals surface area contributed by atoms with Crippen LogP contribution < -0.4 is 10.9 Å². The molecule has 1 aromatic heterocycles. The molecule has 0 aliphatic heterocycles. The van der Waals surface area contributed by atoms with E-state index >= 15 is 0 Å². The van der Waals surface area contributed by atoms with Gasteiger partial charge in [-0.05, 0) is 62.4 Å². The number of hydrogen-bond acceptors (Lipinski definition) is 6. The Morgan fingerprint density at radius 1 is 1.12 bits per heavy atom. The van der Waals surface area contributed by atoms with Gasteiger partial charge < -0.3 is 15.2 Å². The van der Waals surface area contributed by atoms with Crippen molar-refractivity contribution in [1.29, 1.82) is 0 Å². The summed E-state index contributed by atoms with van der Waals surface area (Å²) in [5.41, 5.74) is 1.90. The fourth-order valence-corrected chi connectivity index (χ4v) is 3.44. The standard InChI is InChI=1S/C24H24ClN3O5/c1-3-33-24(32)17-6-10-19(11-7-17)27-21(30)14-28-22(16-4-8-18(25)9-5-16)26-15(2)20(12-13-29)23(28)31/h4-11,29H,3,12-14H2,1-2H3,(H,27,30). The second kappa shape index (κ2) is 10.9. The molecule has 33 heavy (non-hydrogen) atoms. The number of esters is 1. The first-order chi connectivity index (χ1) is 15.8. The maximum Gasteiger partial charge on any atom is 0.338 e. The molecule has 2 N–H and O–H groups in total. The Labute approximate surface area is 195 Å². The molecule has 0 fully saturated rings. The van der Waals surface area contributed by atoms with Crippen LogP contribution in [-0.4, -0.2) is 39.7 Å². The summed E-state index contributed by atoms with van der Waals surface area (Å²) in [4.78, 5) is 42.3. The number of nitrogens with zero attached hydrogens (tertiary/aromatic N) is 2. The molecule has 0 aliphatic carbocycles. The fraction of sp³-hybridized carbons (Fsp3) is 0.250. The van der Waals surface area contributed by atoms with Crippen molar-refractivity contribution < 1.29 is 19.4 Å². The van der Waals surface area contributed by atoms with E-state index in [0.29, 0.717) is 38.9 Å². The van der Waals surface area contributed by atoms with E-state index in [0.717, 1.165) is 0 Å². The van der Waals surface area contributed by atoms with Gasteiger partial charge >= 0.3 is 5.97 Å². The molecule has 0 unspecified atom stereocenters. The van der Waals surface area contributed by atoms with Gasteiger partial charge in [0.1, 0.15) is 12.4 Å². The smallest absolute Gasteiger partial charge is 0.338 e. The number of hydrogen-bond donors (Lipinski definition) is 2. The Hall–Kier alpha value is -3.49. The second-order valence-electron chi connectivity index (χ2n) is 7.22. The fourth-order valence-electron chi connectivity index (χ4n) is 3.31. The van der Waals surface area contributed by atoms with Gasteiger partial charge in [0, 0.05) is 40.6 Å². The number of benzene rings is 2. The SMILES string of the molecule is CCOC(=O)c1ccc(NC(=O)Cn2c(-c3ccc(Cl)cc3)nc(C)c(CCO)c2=O)cc1. The molecule has 0 saturated carbocycles. The summed E-state index contributed by atoms with van der Waals surface area (Å²) in [7, 11) is 0. The van der Waals surface area contributed by atoms with Gasteiger partial charge in [0.15, 0.2) is 0 Å². The molecule has 0 radical (unpaired) electrons. The van der Waals surface area contributed by atoms with E-state index in [2.05, 4.69) is 10.3 Å². The Bertz CT molecular complexity index is 1200. The van der Waals surface area contributed by atoms with E-state index in [1.54, 1.807) is 62.4 Å². The number of aliphatic hydroxyl groups is 1. The quantitative estimate of drug-likeness (QED) is 0.490. The van der Waals surface area contributed by atoms with Crippen LogP contribution in [0, 0.1) is 6.92 Å². The first-order valence-electron chi connectivity index (χ1n) is 10.4. The molecule has 0 atom stereocenters. The Kier molecular flexibility index (Phi) is 7.97. The van der Waals surface area contributed by atoms with E-state index in [9.17, 15) is 19.5 Å². The van der Waals surface area contributed by atoms with Crippen molar-refractivity contribution in [2.75, 3.05) is 18.5 Å². The van der Waals surface area contributed by atoms with Gasteiger partial charge in [-0.25, -0.2) is 9.78 Å². The molecule has 3 rings (SSSR count). The zero-order valence-electron chi connectivity index (χ0n) is 18.3. The lowest BCUT2D eigenvalue weighted by Crippen LogP contribution is -2.33. The summed E-state index contributed by atoms with van der Waals surface area (Å²) in [6.07, 6.45) is 0.134. The lowest BCUT2D eigenvalue weighted by Gasteiger charge is -2.16. The van der Waals surface area contributed by atoms with Gasteiger partial charge in [-0.1, -0.05) is 11.6 Å². The zero-order chi connectivity index (χ0) is 24.0. The Balaban J connectivity index is 1.90. The summed E-state index contributed by atoms with van der Waals surface area (Å²) >= 11 is 5.98. The van der Waals surface area contributed by atoms with Crippen molar-refractivity contribution >= 4 is 29.2 Å². The minimum atomic E-state index is -0.448. The number of halogens is 1. The van der Waals surface area contributed by atoms with Gasteiger partial charge in [-0.15, -0.1) is 0 Å². The zero-order valence-corrected chi connectivity index (χ0v) is 19.1. The van der Waals surface area contributed by atoms with Crippen LogP contribution in [0.1, 0.15) is 28.5 Å². The number of carbonyl (C=O) groups excluding carboxylic acids is 2. The van der Waals surface area contributed by atoms with Gasteiger partial charge in [-0.3, -0.25) is 14.2 Å². The molecule has 1 heterocycles. The van der Waals surface area contributed by atoms with E-state index < -0.39 is 17.4 Å². The molecule has 0 aliphatic rings. The lowest BCUT2D eigenvalue weighted by atomic mass is 10.1. The Morgan fingerprint density at radius 3 is 2.39 bits per heavy atom. The number of aromatic nitrogens is 2. The first kappa shape index (κ1) is 24.2. The lowest BCUT2D eigenvalue weighted by molar-refractivity contribution is -0.116. The molecule has 0 spiro atoms. The number of aliphatic hydroxyl groups excluding tert-OH is 1. The van der Waals surface area contributed by atoms with Crippen molar-refractivity contribution in [1.82, 2.24) is 9.55 Å². The highest BCUT2D eigenvalue weighted by Crippen LogP contribution is 2.20. The third-order valence-corrected chi connectivity index (χ3v) is 5.17. The molecule has 0 bridgehead atoms. The van der Waals surface area contributed by atoms with Crippen LogP contribution in [0.3, 0.4) is 0 Å². The topological polar surface area (TPSA) is 111 Å². The number of amides is 1. The number of rotatable bonds is 8. The molecular weight excluding hydrogens is 446 g/mol. The molecule has 8 nitrogen and oxygen atoms in total. The first-order valence-corrected chi connectivity index (χ1v) is 10.8. The largest absolute Gasteiger partial charge is 0.462 e. The van der Waals surface area contributed by atoms with Crippen molar-refractivity contribution in [2.24, 2.45) is 0 Å². The summed E-state index contributed by atoms with van der Waals surface area (Å²) in [6, 6.07) is 13.0. The summed E-state index contributed by atoms with van der Waals surface area (Å²) in [6.45, 7) is 3.18. The number of anilines is 1. The van der Waals surface area contributed by atoms with E-state index in [1.807, 2.05) is 0 Å². The second-order valence-corrected chi connectivity index (χ2v) is 7.65. The van der Waals surface area contributed by atoms with Gasteiger partial charge in [-0.2, -0.15) is 0 Å². The molecule has 172 valence electrons. The average molecular weight is 470 g/mol. The van der Waals surface area contributed by atoms with E-state index in [-0.39, 0.29) is 26.2 Å². The van der Waals surface area contributed by atoms with Crippen LogP contribution in [0.5, 0.6) is 0 Å². The highest BCUT2D eigenvalue weighted by atomic mass is 35.5. The third kappa shape index (κ3) is 5.85. The number of nitrogens with one attached hydrogen (secondary N) is 1. The predicted molar refractivity (Wildman–Crippen MR) is 125 cm³/mol. The van der Waals surface area contributed by atoms with Crippen LogP contribution >= 0.6 is 11.6 Å². The number of carbonyl (C=O) groups is 2. The van der Waals surface area contributed by atoms with Crippen molar-refractivity contribution in [2.45, 2.75) is 26.8 Å². The van der Waals surface area contributed by atoms with Crippen molar-refractivity contribution in [3.05, 3.63) is 80.7 Å². The van der Waals surface area contributed by atoms with Crippen LogP contribution in [0.2, 0.25) is 5.02 Å². The maximum absolute atomic E-state index is 13.2. The average Bonchev–Trinajstić information content (AvgIpc) is 2.79. The van der Waals surface area contributed by atoms with Crippen molar-refractivity contribution in [3.8, 4) is 11.4 Å². The minimum absolute atomic E-state index is 0.134. The van der Waals surface area contributed by atoms with Crippen LogP contribution in [0.15, 0.2) is 53.3 Å². The van der Waals surface area contributed by atoms with Crippen LogP contribution in [0.4, 0.5) is 5.69 Å². The third-order valence-electron chi connectivity index (χ3n) is 4.92. The number of aryl methyl sites for hydroxylation is 1. The Morgan fingerprint density at radius 2 is 1.79 bits per heavy atom.